The monoisotopic (exact) mass is 545 g/mol. The van der Waals surface area contributed by atoms with E-state index in [4.69, 9.17) is 4.98 Å². The Labute approximate surface area is 225 Å². The average Bonchev–Trinajstić information content (AvgIpc) is 3.59. The lowest BCUT2D eigenvalue weighted by atomic mass is 9.98. The van der Waals surface area contributed by atoms with E-state index in [1.165, 1.54) is 0 Å². The molecule has 2 N–H and O–H groups in total. The lowest BCUT2D eigenvalue weighted by molar-refractivity contribution is -0.137. The SMILES string of the molecule is Cc1ccc(NC(=O)c2cc(C(F)(F)F)ccn2)cc1-c1cc2cn/c(=N/c3ccnn3C)nc-2n2c1NCC2. The zero-order chi connectivity index (χ0) is 28.0. The van der Waals surface area contributed by atoms with Gasteiger partial charge in [0, 0.05) is 55.4 Å². The molecule has 10 nitrogen and oxygen atoms in total. The number of aryl methyl sites for hydroxylation is 2. The van der Waals surface area contributed by atoms with Gasteiger partial charge in [0.15, 0.2) is 5.82 Å². The van der Waals surface area contributed by atoms with Crippen LogP contribution in [0.25, 0.3) is 22.5 Å². The standard InChI is InChI=1S/C27H22F3N9O/c1-15-3-4-18(35-25(40)21-12-17(5-7-31-21)27(28,29)30)13-19(15)20-11-16-14-33-26(36-22-6-8-34-38(22)2)37-23(16)39-10-9-32-24(20)39/h3-8,11-14,32H,9-10H2,1-2H3,(H,35,40)/b36-26-. The minimum atomic E-state index is -4.58. The van der Waals surface area contributed by atoms with Crippen LogP contribution >= 0.6 is 0 Å². The maximum absolute atomic E-state index is 13.1. The molecule has 40 heavy (non-hydrogen) atoms. The molecule has 5 heterocycles. The van der Waals surface area contributed by atoms with Gasteiger partial charge >= 0.3 is 6.18 Å². The maximum Gasteiger partial charge on any atom is 0.416 e. The molecule has 3 aliphatic rings. The Bertz CT molecular complexity index is 1810. The number of fused-ring (bicyclic) bond motifs is 3. The number of nitrogens with zero attached hydrogens (tertiary/aromatic N) is 7. The zero-order valence-electron chi connectivity index (χ0n) is 21.4. The van der Waals surface area contributed by atoms with Crippen molar-refractivity contribution in [3.8, 4) is 22.5 Å². The van der Waals surface area contributed by atoms with E-state index in [9.17, 15) is 18.0 Å². The fourth-order valence-corrected chi connectivity index (χ4v) is 4.62. The Balaban J connectivity index is 1.38. The highest BCUT2D eigenvalue weighted by Gasteiger charge is 2.31. The second-order valence-electron chi connectivity index (χ2n) is 9.27. The maximum atomic E-state index is 13.1. The summed E-state index contributed by atoms with van der Waals surface area (Å²) in [5, 5.41) is 10.2. The van der Waals surface area contributed by atoms with Gasteiger partial charge in [0.05, 0.1) is 11.8 Å². The van der Waals surface area contributed by atoms with E-state index in [0.29, 0.717) is 30.2 Å². The van der Waals surface area contributed by atoms with Gasteiger partial charge in [-0.25, -0.2) is 4.98 Å². The predicted molar refractivity (Wildman–Crippen MR) is 141 cm³/mol. The van der Waals surface area contributed by atoms with E-state index in [0.717, 1.165) is 52.2 Å². The molecule has 0 atom stereocenters. The molecule has 0 aliphatic carbocycles. The van der Waals surface area contributed by atoms with Crippen LogP contribution in [0, 0.1) is 6.92 Å². The van der Waals surface area contributed by atoms with Crippen molar-refractivity contribution in [3.63, 3.8) is 0 Å². The van der Waals surface area contributed by atoms with Gasteiger partial charge in [0.1, 0.15) is 17.3 Å². The second kappa shape index (κ2) is 9.59. The minimum Gasteiger partial charge on any atom is -0.369 e. The number of hydrogen-bond donors (Lipinski definition) is 2. The Kier molecular flexibility index (Phi) is 6.05. The Morgan fingerprint density at radius 2 is 1.93 bits per heavy atom. The highest BCUT2D eigenvalue weighted by molar-refractivity contribution is 6.03. The summed E-state index contributed by atoms with van der Waals surface area (Å²) in [5.41, 5.74) is 2.91. The second-order valence-corrected chi connectivity index (χ2v) is 9.27. The van der Waals surface area contributed by atoms with E-state index in [1.54, 1.807) is 42.3 Å². The molecule has 1 aromatic carbocycles. The normalized spacial score (nSPS) is 13.4. The van der Waals surface area contributed by atoms with Crippen LogP contribution in [0.1, 0.15) is 21.6 Å². The van der Waals surface area contributed by atoms with Crippen LogP contribution < -0.4 is 16.3 Å². The van der Waals surface area contributed by atoms with Gasteiger partial charge in [-0.3, -0.25) is 14.5 Å². The van der Waals surface area contributed by atoms with Crippen molar-refractivity contribution < 1.29 is 18.0 Å². The third-order valence-corrected chi connectivity index (χ3v) is 6.61. The van der Waals surface area contributed by atoms with Gasteiger partial charge in [0.2, 0.25) is 0 Å². The summed E-state index contributed by atoms with van der Waals surface area (Å²) in [6.45, 7) is 3.32. The summed E-state index contributed by atoms with van der Waals surface area (Å²) in [5.74, 6) is 1.46. The molecule has 2 aromatic heterocycles. The number of hydrogen-bond acceptors (Lipinski definition) is 7. The van der Waals surface area contributed by atoms with E-state index < -0.39 is 17.6 Å². The van der Waals surface area contributed by atoms with Crippen molar-refractivity contribution in [1.29, 1.82) is 0 Å². The lowest BCUT2D eigenvalue weighted by Gasteiger charge is -2.19. The van der Waals surface area contributed by atoms with Crippen molar-refractivity contribution in [3.05, 3.63) is 83.5 Å². The van der Waals surface area contributed by atoms with Gasteiger partial charge in [-0.15, -0.1) is 0 Å². The number of rotatable bonds is 4. The fraction of sp³-hybridized carbons (Fsp3) is 0.185. The van der Waals surface area contributed by atoms with Crippen LogP contribution in [0.2, 0.25) is 0 Å². The number of anilines is 2. The van der Waals surface area contributed by atoms with Crippen LogP contribution in [0.5, 0.6) is 0 Å². The van der Waals surface area contributed by atoms with Crippen LogP contribution in [0.4, 0.5) is 30.5 Å². The van der Waals surface area contributed by atoms with E-state index in [2.05, 4.69) is 35.3 Å². The third-order valence-electron chi connectivity index (χ3n) is 6.61. The van der Waals surface area contributed by atoms with Crippen LogP contribution in [0.15, 0.2) is 66.0 Å². The highest BCUT2D eigenvalue weighted by Crippen LogP contribution is 2.39. The summed E-state index contributed by atoms with van der Waals surface area (Å²) in [4.78, 5) is 30.2. The van der Waals surface area contributed by atoms with Crippen molar-refractivity contribution in [2.45, 2.75) is 19.6 Å². The first kappa shape index (κ1) is 25.2. The first-order chi connectivity index (χ1) is 19.2. The smallest absolute Gasteiger partial charge is 0.369 e. The number of alkyl halides is 3. The molecule has 0 radical (unpaired) electrons. The van der Waals surface area contributed by atoms with E-state index in [-0.39, 0.29) is 5.69 Å². The Morgan fingerprint density at radius 1 is 1.07 bits per heavy atom. The Morgan fingerprint density at radius 3 is 2.70 bits per heavy atom. The number of carbonyl (C=O) groups is 1. The van der Waals surface area contributed by atoms with Crippen LogP contribution in [0.3, 0.4) is 0 Å². The number of pyridine rings is 2. The van der Waals surface area contributed by atoms with Crippen LogP contribution in [-0.4, -0.2) is 41.8 Å². The van der Waals surface area contributed by atoms with E-state index >= 15 is 0 Å². The summed E-state index contributed by atoms with van der Waals surface area (Å²) in [7, 11) is 1.79. The predicted octanol–water partition coefficient (Wildman–Crippen LogP) is 4.42. The Hall–Kier alpha value is -5.07. The topological polar surface area (TPSA) is 115 Å². The molecule has 6 rings (SSSR count). The first-order valence-electron chi connectivity index (χ1n) is 12.3. The molecular weight excluding hydrogens is 523 g/mol. The van der Waals surface area contributed by atoms with Gasteiger partial charge < -0.3 is 15.2 Å². The van der Waals surface area contributed by atoms with Crippen molar-refractivity contribution >= 4 is 23.2 Å². The summed E-state index contributed by atoms with van der Waals surface area (Å²) < 4.78 is 43.0. The van der Waals surface area contributed by atoms with Gasteiger partial charge in [-0.2, -0.15) is 28.2 Å². The number of aromatic nitrogens is 6. The lowest BCUT2D eigenvalue weighted by Crippen LogP contribution is -2.18. The molecule has 1 amide bonds. The van der Waals surface area contributed by atoms with E-state index in [1.807, 2.05) is 19.1 Å². The van der Waals surface area contributed by atoms with Gasteiger partial charge in [0.25, 0.3) is 11.5 Å². The van der Waals surface area contributed by atoms with Gasteiger partial charge in [-0.1, -0.05) is 6.07 Å². The number of carbonyl (C=O) groups excluding carboxylic acids is 1. The molecule has 202 valence electrons. The fourth-order valence-electron chi connectivity index (χ4n) is 4.62. The summed E-state index contributed by atoms with van der Waals surface area (Å²) in [6, 6.07) is 10.6. The van der Waals surface area contributed by atoms with Crippen molar-refractivity contribution in [2.75, 3.05) is 17.2 Å². The molecule has 3 aromatic rings. The molecule has 0 fully saturated rings. The summed E-state index contributed by atoms with van der Waals surface area (Å²) >= 11 is 0. The molecule has 0 bridgehead atoms. The molecule has 0 saturated carbocycles. The number of benzene rings is 1. The average molecular weight is 546 g/mol. The quantitative estimate of drug-likeness (QED) is 0.346. The molecule has 3 aliphatic heterocycles. The number of halogens is 3. The zero-order valence-corrected chi connectivity index (χ0v) is 21.4. The van der Waals surface area contributed by atoms with Gasteiger partial charge in [-0.05, 0) is 48.4 Å². The third kappa shape index (κ3) is 4.65. The largest absolute Gasteiger partial charge is 0.416 e. The number of amides is 1. The molecule has 0 unspecified atom stereocenters. The van der Waals surface area contributed by atoms with Crippen molar-refractivity contribution in [1.82, 2.24) is 29.3 Å². The van der Waals surface area contributed by atoms with Crippen molar-refractivity contribution in [2.24, 2.45) is 12.0 Å². The molecule has 13 heteroatoms. The molecule has 0 spiro atoms. The first-order valence-corrected chi connectivity index (χ1v) is 12.3. The number of nitrogens with one attached hydrogen (secondary N) is 2. The molecule has 0 saturated heterocycles. The summed E-state index contributed by atoms with van der Waals surface area (Å²) in [6.07, 6.45) is -0.241. The highest BCUT2D eigenvalue weighted by atomic mass is 19.4. The minimum absolute atomic E-state index is 0.314. The van der Waals surface area contributed by atoms with Crippen LogP contribution in [-0.2, 0) is 19.8 Å². The molecular formula is C27H22F3N9O.